The van der Waals surface area contributed by atoms with Crippen molar-refractivity contribution in [2.45, 2.75) is 25.0 Å². The zero-order valence-electron chi connectivity index (χ0n) is 16.2. The van der Waals surface area contributed by atoms with E-state index in [2.05, 4.69) is 15.5 Å². The van der Waals surface area contributed by atoms with Gasteiger partial charge in [0.1, 0.15) is 17.7 Å². The lowest BCUT2D eigenvalue weighted by Crippen LogP contribution is -2.43. The molecular weight excluding hydrogens is 448 g/mol. The van der Waals surface area contributed by atoms with E-state index < -0.39 is 5.82 Å². The van der Waals surface area contributed by atoms with Crippen LogP contribution in [0.15, 0.2) is 46.9 Å². The van der Waals surface area contributed by atoms with Crippen molar-refractivity contribution in [2.24, 2.45) is 0 Å². The van der Waals surface area contributed by atoms with E-state index in [1.807, 2.05) is 0 Å². The molecule has 0 radical (unpaired) electrons. The molecule has 1 amide bonds. The van der Waals surface area contributed by atoms with Gasteiger partial charge in [0.2, 0.25) is 11.8 Å². The minimum atomic E-state index is -0.605. The van der Waals surface area contributed by atoms with Crippen LogP contribution >= 0.6 is 23.2 Å². The van der Waals surface area contributed by atoms with Crippen molar-refractivity contribution in [3.05, 3.63) is 64.2 Å². The summed E-state index contributed by atoms with van der Waals surface area (Å²) in [6, 6.07) is 10.9. The van der Waals surface area contributed by atoms with Crippen molar-refractivity contribution in [2.75, 3.05) is 13.2 Å². The molecule has 2 heterocycles. The maximum Gasteiger partial charge on any atom is 0.258 e. The average molecular weight is 466 g/mol. The van der Waals surface area contributed by atoms with Gasteiger partial charge in [-0.1, -0.05) is 23.2 Å². The van der Waals surface area contributed by atoms with Gasteiger partial charge in [-0.15, -0.1) is 10.2 Å². The summed E-state index contributed by atoms with van der Waals surface area (Å²) in [4.78, 5) is 12.1. The highest BCUT2D eigenvalue weighted by molar-refractivity contribution is 6.31. The first-order valence-corrected chi connectivity index (χ1v) is 10.3. The molecule has 10 heteroatoms. The third-order valence-electron chi connectivity index (χ3n) is 4.71. The van der Waals surface area contributed by atoms with Crippen LogP contribution in [0.1, 0.15) is 24.8 Å². The van der Waals surface area contributed by atoms with Gasteiger partial charge >= 0.3 is 0 Å². The van der Waals surface area contributed by atoms with Crippen molar-refractivity contribution in [1.29, 1.82) is 0 Å². The number of amides is 1. The van der Waals surface area contributed by atoms with Gasteiger partial charge < -0.3 is 19.2 Å². The topological polar surface area (TPSA) is 86.5 Å². The van der Waals surface area contributed by atoms with E-state index in [0.717, 1.165) is 11.6 Å². The van der Waals surface area contributed by atoms with Gasteiger partial charge in [0, 0.05) is 16.7 Å². The number of nitrogens with one attached hydrogen (secondary N) is 1. The number of rotatable bonds is 6. The van der Waals surface area contributed by atoms with Crippen LogP contribution in [0.25, 0.3) is 11.5 Å². The Bertz CT molecular complexity index is 1050. The predicted octanol–water partition coefficient (Wildman–Crippen LogP) is 4.60. The van der Waals surface area contributed by atoms with E-state index in [1.165, 1.54) is 12.1 Å². The van der Waals surface area contributed by atoms with Crippen molar-refractivity contribution >= 4 is 29.1 Å². The molecule has 0 bridgehead atoms. The maximum atomic E-state index is 13.4. The lowest BCUT2D eigenvalue weighted by molar-refractivity contribution is -0.125. The summed E-state index contributed by atoms with van der Waals surface area (Å²) in [5.41, 5.74) is 0.768. The first-order chi connectivity index (χ1) is 15.0. The van der Waals surface area contributed by atoms with Crippen molar-refractivity contribution in [1.82, 2.24) is 15.5 Å². The molecule has 7 nitrogen and oxygen atoms in total. The Labute approximate surface area is 187 Å². The third-order valence-corrected chi connectivity index (χ3v) is 5.27. The summed E-state index contributed by atoms with van der Waals surface area (Å²) in [7, 11) is 0. The van der Waals surface area contributed by atoms with Crippen LogP contribution in [0, 0.1) is 5.82 Å². The second-order valence-electron chi connectivity index (χ2n) is 6.98. The molecule has 1 aliphatic heterocycles. The Morgan fingerprint density at radius 3 is 2.68 bits per heavy atom. The highest BCUT2D eigenvalue weighted by atomic mass is 35.5. The Morgan fingerprint density at radius 1 is 1.16 bits per heavy atom. The molecule has 1 fully saturated rings. The lowest BCUT2D eigenvalue weighted by atomic mass is 10.0. The largest absolute Gasteiger partial charge is 0.484 e. The standard InChI is InChI=1S/C21H18Cl2FN3O4/c22-13-3-1-12(2-4-13)20-26-27-21(31-20)18-8-5-14(10-30-18)25-19(28)11-29-15-6-7-16(23)17(24)9-15/h1-4,6-7,9,14,18H,5,8,10-11H2,(H,25,28)/t14-,18-/m0/s1. The smallest absolute Gasteiger partial charge is 0.258 e. The molecule has 3 aromatic rings. The number of hydrogen-bond acceptors (Lipinski definition) is 6. The SMILES string of the molecule is O=C(COc1ccc(Cl)c(F)c1)N[C@H]1CC[C@@H](c2nnc(-c3ccc(Cl)cc3)o2)OC1. The Kier molecular flexibility index (Phi) is 6.70. The number of carbonyl (C=O) groups is 1. The fraction of sp³-hybridized carbons (Fsp3) is 0.286. The molecule has 1 aliphatic rings. The minimum Gasteiger partial charge on any atom is -0.484 e. The van der Waals surface area contributed by atoms with Crippen LogP contribution in [0.5, 0.6) is 5.75 Å². The molecule has 4 rings (SSSR count). The van der Waals surface area contributed by atoms with E-state index in [1.54, 1.807) is 24.3 Å². The molecule has 162 valence electrons. The molecule has 0 unspecified atom stereocenters. The quantitative estimate of drug-likeness (QED) is 0.572. The predicted molar refractivity (Wildman–Crippen MR) is 112 cm³/mol. The number of carbonyl (C=O) groups excluding carboxylic acids is 1. The first kappa shape index (κ1) is 21.5. The van der Waals surface area contributed by atoms with Gasteiger partial charge in [0.05, 0.1) is 17.7 Å². The molecule has 0 spiro atoms. The van der Waals surface area contributed by atoms with E-state index in [-0.39, 0.29) is 35.4 Å². The van der Waals surface area contributed by atoms with Crippen molar-refractivity contribution in [3.63, 3.8) is 0 Å². The molecule has 0 aliphatic carbocycles. The normalized spacial score (nSPS) is 18.5. The van der Waals surface area contributed by atoms with Gasteiger partial charge in [0.25, 0.3) is 5.91 Å². The summed E-state index contributed by atoms with van der Waals surface area (Å²) in [5, 5.41) is 11.6. The van der Waals surface area contributed by atoms with Crippen LogP contribution in [-0.4, -0.2) is 35.4 Å². The molecular formula is C21H18Cl2FN3O4. The second-order valence-corrected chi connectivity index (χ2v) is 7.82. The molecule has 2 aromatic carbocycles. The third kappa shape index (κ3) is 5.52. The second kappa shape index (κ2) is 9.64. The minimum absolute atomic E-state index is 0.00718. The lowest BCUT2D eigenvalue weighted by Gasteiger charge is -2.27. The Balaban J connectivity index is 1.24. The summed E-state index contributed by atoms with van der Waals surface area (Å²) in [6.07, 6.45) is 0.941. The highest BCUT2D eigenvalue weighted by Gasteiger charge is 2.28. The molecule has 31 heavy (non-hydrogen) atoms. The van der Waals surface area contributed by atoms with E-state index in [9.17, 15) is 9.18 Å². The molecule has 0 saturated carbocycles. The maximum absolute atomic E-state index is 13.4. The van der Waals surface area contributed by atoms with Gasteiger partial charge in [0.15, 0.2) is 6.61 Å². The van der Waals surface area contributed by atoms with Crippen LogP contribution < -0.4 is 10.1 Å². The summed E-state index contributed by atoms with van der Waals surface area (Å²) < 4.78 is 30.2. The van der Waals surface area contributed by atoms with Gasteiger partial charge in [-0.2, -0.15) is 0 Å². The Morgan fingerprint density at radius 2 is 1.97 bits per heavy atom. The number of benzene rings is 2. The molecule has 1 N–H and O–H groups in total. The van der Waals surface area contributed by atoms with Crippen LogP contribution in [-0.2, 0) is 9.53 Å². The zero-order valence-corrected chi connectivity index (χ0v) is 17.7. The van der Waals surface area contributed by atoms with Gasteiger partial charge in [-0.25, -0.2) is 4.39 Å². The summed E-state index contributed by atoms with van der Waals surface area (Å²) >= 11 is 11.5. The number of hydrogen-bond donors (Lipinski definition) is 1. The van der Waals surface area contributed by atoms with Gasteiger partial charge in [-0.3, -0.25) is 4.79 Å². The van der Waals surface area contributed by atoms with E-state index >= 15 is 0 Å². The number of ether oxygens (including phenoxy) is 2. The van der Waals surface area contributed by atoms with Crippen LogP contribution in [0.2, 0.25) is 10.0 Å². The fourth-order valence-corrected chi connectivity index (χ4v) is 3.36. The monoisotopic (exact) mass is 465 g/mol. The van der Waals surface area contributed by atoms with Gasteiger partial charge in [-0.05, 0) is 49.2 Å². The zero-order chi connectivity index (χ0) is 21.8. The molecule has 1 aromatic heterocycles. The van der Waals surface area contributed by atoms with Crippen molar-refractivity contribution in [3.8, 4) is 17.2 Å². The number of halogens is 3. The highest BCUT2D eigenvalue weighted by Crippen LogP contribution is 2.29. The molecule has 1 saturated heterocycles. The van der Waals surface area contributed by atoms with Crippen LogP contribution in [0.3, 0.4) is 0 Å². The molecule has 2 atom stereocenters. The van der Waals surface area contributed by atoms with E-state index in [0.29, 0.717) is 36.3 Å². The van der Waals surface area contributed by atoms with Crippen LogP contribution in [0.4, 0.5) is 4.39 Å². The summed E-state index contributed by atoms with van der Waals surface area (Å²) in [5.74, 6) is 0.0750. The number of nitrogens with zero attached hydrogens (tertiary/aromatic N) is 2. The average Bonchev–Trinajstić information content (AvgIpc) is 3.26. The fourth-order valence-electron chi connectivity index (χ4n) is 3.12. The summed E-state index contributed by atoms with van der Waals surface area (Å²) in [6.45, 7) is 0.0553. The number of aromatic nitrogens is 2. The van der Waals surface area contributed by atoms with E-state index in [4.69, 9.17) is 37.1 Å². The van der Waals surface area contributed by atoms with Crippen molar-refractivity contribution < 1.29 is 23.1 Å². The Hall–Kier alpha value is -2.68. The first-order valence-electron chi connectivity index (χ1n) is 9.56.